The first-order valence-electron chi connectivity index (χ1n) is 8.40. The molecule has 0 fully saturated rings. The number of nitrogens with one attached hydrogen (secondary N) is 1. The van der Waals surface area contributed by atoms with Crippen molar-refractivity contribution in [2.45, 2.75) is 39.0 Å². The maximum absolute atomic E-state index is 12.4. The Balaban J connectivity index is 1.56. The van der Waals surface area contributed by atoms with Gasteiger partial charge in [-0.05, 0) is 60.9 Å². The third kappa shape index (κ3) is 4.14. The van der Waals surface area contributed by atoms with Crippen LogP contribution in [0, 0.1) is 5.92 Å². The van der Waals surface area contributed by atoms with Crippen molar-refractivity contribution in [3.05, 3.63) is 55.2 Å². The topological polar surface area (TPSA) is 29.1 Å². The Labute approximate surface area is 157 Å². The lowest BCUT2D eigenvalue weighted by Gasteiger charge is -2.19. The number of fused-ring (bicyclic) bond motifs is 1. The van der Waals surface area contributed by atoms with Crippen LogP contribution in [0.2, 0.25) is 10.0 Å². The van der Waals surface area contributed by atoms with Gasteiger partial charge in [-0.15, -0.1) is 11.3 Å². The van der Waals surface area contributed by atoms with Crippen molar-refractivity contribution >= 4 is 40.4 Å². The average molecular weight is 382 g/mol. The van der Waals surface area contributed by atoms with Crippen molar-refractivity contribution in [1.82, 2.24) is 5.32 Å². The van der Waals surface area contributed by atoms with Crippen molar-refractivity contribution in [2.24, 2.45) is 5.92 Å². The van der Waals surface area contributed by atoms with Crippen LogP contribution in [0.5, 0.6) is 0 Å². The standard InChI is InChI=1S/C19H21Cl2NOS/c1-2-12-4-6-17-14(9-12)11-18(24-17)19(23)22-8-7-13-3-5-15(20)16(21)10-13/h3,5,10-12H,2,4,6-9H2,1H3,(H,22,23). The minimum absolute atomic E-state index is 0.0301. The highest BCUT2D eigenvalue weighted by Crippen LogP contribution is 2.33. The van der Waals surface area contributed by atoms with Gasteiger partial charge in [0.2, 0.25) is 0 Å². The summed E-state index contributed by atoms with van der Waals surface area (Å²) >= 11 is 13.6. The molecule has 128 valence electrons. The van der Waals surface area contributed by atoms with Gasteiger partial charge in [-0.2, -0.15) is 0 Å². The largest absolute Gasteiger partial charge is 0.351 e. The summed E-state index contributed by atoms with van der Waals surface area (Å²) in [6.07, 6.45) is 5.46. The highest BCUT2D eigenvalue weighted by Gasteiger charge is 2.21. The molecule has 1 aromatic heterocycles. The monoisotopic (exact) mass is 381 g/mol. The van der Waals surface area contributed by atoms with Gasteiger partial charge >= 0.3 is 0 Å². The van der Waals surface area contributed by atoms with E-state index in [-0.39, 0.29) is 5.91 Å². The van der Waals surface area contributed by atoms with Gasteiger partial charge in [-0.25, -0.2) is 0 Å². The van der Waals surface area contributed by atoms with Crippen LogP contribution in [-0.4, -0.2) is 12.5 Å². The zero-order valence-corrected chi connectivity index (χ0v) is 16.0. The zero-order chi connectivity index (χ0) is 17.1. The lowest BCUT2D eigenvalue weighted by molar-refractivity contribution is 0.0958. The summed E-state index contributed by atoms with van der Waals surface area (Å²) in [6.45, 7) is 2.84. The number of hydrogen-bond donors (Lipinski definition) is 1. The zero-order valence-electron chi connectivity index (χ0n) is 13.7. The minimum atomic E-state index is 0.0301. The molecule has 3 rings (SSSR count). The van der Waals surface area contributed by atoms with Crippen LogP contribution in [0.25, 0.3) is 0 Å². The highest BCUT2D eigenvalue weighted by molar-refractivity contribution is 7.14. The molecule has 0 aliphatic heterocycles. The Kier molecular flexibility index (Phi) is 5.85. The van der Waals surface area contributed by atoms with Gasteiger partial charge in [-0.1, -0.05) is 42.6 Å². The molecule has 2 aromatic rings. The molecule has 1 atom stereocenters. The molecular formula is C19H21Cl2NOS. The molecule has 1 heterocycles. The summed E-state index contributed by atoms with van der Waals surface area (Å²) in [5.41, 5.74) is 2.45. The third-order valence-corrected chi connectivity index (χ3v) is 6.64. The third-order valence-electron chi connectivity index (χ3n) is 4.67. The molecule has 0 spiro atoms. The second-order valence-corrected chi connectivity index (χ2v) is 8.28. The van der Waals surface area contributed by atoms with Gasteiger partial charge in [0, 0.05) is 11.4 Å². The molecule has 1 aliphatic rings. The van der Waals surface area contributed by atoms with Crippen molar-refractivity contribution in [3.8, 4) is 0 Å². The predicted molar refractivity (Wildman–Crippen MR) is 103 cm³/mol. The summed E-state index contributed by atoms with van der Waals surface area (Å²) in [5, 5.41) is 4.12. The molecule has 1 unspecified atom stereocenters. The van der Waals surface area contributed by atoms with Gasteiger partial charge in [-0.3, -0.25) is 4.79 Å². The molecule has 5 heteroatoms. The lowest BCUT2D eigenvalue weighted by Crippen LogP contribution is -2.24. The van der Waals surface area contributed by atoms with E-state index in [0.29, 0.717) is 16.6 Å². The summed E-state index contributed by atoms with van der Waals surface area (Å²) in [7, 11) is 0. The molecule has 0 saturated carbocycles. The van der Waals surface area contributed by atoms with E-state index in [1.54, 1.807) is 17.4 Å². The summed E-state index contributed by atoms with van der Waals surface area (Å²) in [6, 6.07) is 7.68. The van der Waals surface area contributed by atoms with Crippen molar-refractivity contribution in [3.63, 3.8) is 0 Å². The highest BCUT2D eigenvalue weighted by atomic mass is 35.5. The van der Waals surface area contributed by atoms with Crippen LogP contribution >= 0.6 is 34.5 Å². The number of hydrogen-bond acceptors (Lipinski definition) is 2. The van der Waals surface area contributed by atoms with Crippen LogP contribution in [0.3, 0.4) is 0 Å². The number of thiophene rings is 1. The normalized spacial score (nSPS) is 16.7. The van der Waals surface area contributed by atoms with Gasteiger partial charge in [0.05, 0.1) is 14.9 Å². The first kappa shape index (κ1) is 17.8. The number of benzene rings is 1. The maximum atomic E-state index is 12.4. The number of amides is 1. The predicted octanol–water partition coefficient (Wildman–Crippen LogP) is 5.54. The first-order chi connectivity index (χ1) is 11.6. The Bertz CT molecular complexity index is 741. The second kappa shape index (κ2) is 7.90. The lowest BCUT2D eigenvalue weighted by atomic mass is 9.87. The molecule has 0 saturated heterocycles. The number of carbonyl (C=O) groups is 1. The van der Waals surface area contributed by atoms with Crippen molar-refractivity contribution in [2.75, 3.05) is 6.54 Å². The smallest absolute Gasteiger partial charge is 0.261 e. The van der Waals surface area contributed by atoms with Crippen LogP contribution in [0.4, 0.5) is 0 Å². The first-order valence-corrected chi connectivity index (χ1v) is 9.97. The molecule has 24 heavy (non-hydrogen) atoms. The van der Waals surface area contributed by atoms with Crippen LogP contribution < -0.4 is 5.32 Å². The molecule has 1 amide bonds. The maximum Gasteiger partial charge on any atom is 0.261 e. The number of rotatable bonds is 5. The number of aryl methyl sites for hydroxylation is 1. The number of carbonyl (C=O) groups excluding carboxylic acids is 1. The Morgan fingerprint density at radius 3 is 2.88 bits per heavy atom. The van der Waals surface area contributed by atoms with E-state index in [1.165, 1.54) is 23.3 Å². The Morgan fingerprint density at radius 1 is 1.29 bits per heavy atom. The number of halogens is 2. The van der Waals surface area contributed by atoms with E-state index < -0.39 is 0 Å². The van der Waals surface area contributed by atoms with Gasteiger partial charge in [0.15, 0.2) is 0 Å². The second-order valence-electron chi connectivity index (χ2n) is 6.33. The fourth-order valence-corrected chi connectivity index (χ4v) is 4.61. The Morgan fingerprint density at radius 2 is 2.12 bits per heavy atom. The molecule has 0 bridgehead atoms. The van der Waals surface area contributed by atoms with Gasteiger partial charge in [0.25, 0.3) is 5.91 Å². The molecule has 1 N–H and O–H groups in total. The fraction of sp³-hybridized carbons (Fsp3) is 0.421. The van der Waals surface area contributed by atoms with E-state index in [1.807, 2.05) is 12.1 Å². The van der Waals surface area contributed by atoms with E-state index in [2.05, 4.69) is 18.3 Å². The fourth-order valence-electron chi connectivity index (χ4n) is 3.16. The van der Waals surface area contributed by atoms with E-state index in [4.69, 9.17) is 23.2 Å². The molecule has 0 radical (unpaired) electrons. The van der Waals surface area contributed by atoms with Crippen LogP contribution in [-0.2, 0) is 19.3 Å². The van der Waals surface area contributed by atoms with E-state index >= 15 is 0 Å². The molecule has 1 aliphatic carbocycles. The summed E-state index contributed by atoms with van der Waals surface area (Å²) in [4.78, 5) is 14.6. The minimum Gasteiger partial charge on any atom is -0.351 e. The average Bonchev–Trinajstić information content (AvgIpc) is 3.01. The quantitative estimate of drug-likeness (QED) is 0.723. The van der Waals surface area contributed by atoms with Gasteiger partial charge < -0.3 is 5.32 Å². The van der Waals surface area contributed by atoms with Gasteiger partial charge in [0.1, 0.15) is 0 Å². The van der Waals surface area contributed by atoms with E-state index in [9.17, 15) is 4.79 Å². The Hall–Kier alpha value is -1.03. The SMILES string of the molecule is CCC1CCc2sc(C(=O)NCCc3ccc(Cl)c(Cl)c3)cc2C1. The summed E-state index contributed by atoms with van der Waals surface area (Å²) in [5.74, 6) is 0.806. The molecule has 2 nitrogen and oxygen atoms in total. The van der Waals surface area contributed by atoms with Crippen LogP contribution in [0.15, 0.2) is 24.3 Å². The van der Waals surface area contributed by atoms with Crippen molar-refractivity contribution in [1.29, 1.82) is 0 Å². The van der Waals surface area contributed by atoms with Crippen molar-refractivity contribution < 1.29 is 4.79 Å². The molecular weight excluding hydrogens is 361 g/mol. The summed E-state index contributed by atoms with van der Waals surface area (Å²) < 4.78 is 0. The molecule has 1 aromatic carbocycles. The van der Waals surface area contributed by atoms with E-state index in [0.717, 1.165) is 35.6 Å². The van der Waals surface area contributed by atoms with Crippen LogP contribution in [0.1, 0.15) is 45.4 Å².